The molecule has 0 atom stereocenters. The van der Waals surface area contributed by atoms with Crippen LogP contribution in [0.15, 0.2) is 12.1 Å². The Balaban J connectivity index is 0.000000516. The monoisotopic (exact) mass is 443 g/mol. The van der Waals surface area contributed by atoms with Crippen molar-refractivity contribution in [2.75, 3.05) is 11.1 Å². The van der Waals surface area contributed by atoms with E-state index in [1.165, 1.54) is 0 Å². The maximum atomic E-state index is 12.9. The van der Waals surface area contributed by atoms with Gasteiger partial charge in [-0.15, -0.1) is 0 Å². The second-order valence-electron chi connectivity index (χ2n) is 5.76. The van der Waals surface area contributed by atoms with Crippen LogP contribution in [0.4, 0.5) is 37.2 Å². The number of alkyl halides is 6. The van der Waals surface area contributed by atoms with E-state index in [0.717, 1.165) is 16.7 Å². The van der Waals surface area contributed by atoms with Gasteiger partial charge in [0, 0.05) is 5.69 Å². The first kappa shape index (κ1) is 24.2. The Hall–Kier alpha value is -2.83. The summed E-state index contributed by atoms with van der Waals surface area (Å²) in [4.78, 5) is 23.8. The average Bonchev–Trinajstić information content (AvgIpc) is 2.92. The molecule has 0 aliphatic rings. The van der Waals surface area contributed by atoms with E-state index in [9.17, 15) is 31.1 Å². The molecule has 0 unspecified atom stereocenters. The summed E-state index contributed by atoms with van der Waals surface area (Å²) in [6, 6.07) is 3.68. The standard InChI is InChI=1S/C14H14F3N3OS.C2HF3O2/c1-6-4-7(2)9(8(3)5-6)19-12(21)10-11(14(15,16)17)20-13(18)22-10;3-2(4,5)1(6)7/h4-5H,1-3H3,(H2,18,20)(H,19,21);(H,6,7). The number of aryl methyl sites for hydroxylation is 3. The zero-order valence-electron chi connectivity index (χ0n) is 15.1. The van der Waals surface area contributed by atoms with Crippen molar-refractivity contribution < 1.29 is 41.0 Å². The maximum absolute atomic E-state index is 12.9. The van der Waals surface area contributed by atoms with Crippen molar-refractivity contribution in [1.82, 2.24) is 4.98 Å². The fraction of sp³-hybridized carbons (Fsp3) is 0.312. The van der Waals surface area contributed by atoms with Crippen LogP contribution in [0, 0.1) is 20.8 Å². The molecule has 29 heavy (non-hydrogen) atoms. The zero-order chi connectivity index (χ0) is 22.7. The highest BCUT2D eigenvalue weighted by atomic mass is 32.1. The van der Waals surface area contributed by atoms with Gasteiger partial charge in [-0.1, -0.05) is 29.0 Å². The Bertz CT molecular complexity index is 899. The highest BCUT2D eigenvalue weighted by molar-refractivity contribution is 7.17. The molecule has 0 saturated carbocycles. The van der Waals surface area contributed by atoms with Crippen LogP contribution in [-0.4, -0.2) is 28.1 Å². The fourth-order valence-electron chi connectivity index (χ4n) is 2.23. The number of carbonyl (C=O) groups is 2. The number of hydrogen-bond acceptors (Lipinski definition) is 5. The maximum Gasteiger partial charge on any atom is 0.490 e. The number of hydrogen-bond donors (Lipinski definition) is 3. The average molecular weight is 443 g/mol. The van der Waals surface area contributed by atoms with Crippen LogP contribution in [0.5, 0.6) is 0 Å². The molecule has 0 aliphatic heterocycles. The normalized spacial score (nSPS) is 11.5. The Labute approximate surface area is 164 Å². The van der Waals surface area contributed by atoms with E-state index in [1.807, 2.05) is 19.1 Å². The number of thiazole rings is 1. The second-order valence-corrected chi connectivity index (χ2v) is 6.79. The van der Waals surface area contributed by atoms with Gasteiger partial charge in [-0.25, -0.2) is 9.78 Å². The van der Waals surface area contributed by atoms with Crippen LogP contribution < -0.4 is 11.1 Å². The van der Waals surface area contributed by atoms with Crippen molar-refractivity contribution >= 4 is 34.0 Å². The highest BCUT2D eigenvalue weighted by Gasteiger charge is 2.39. The largest absolute Gasteiger partial charge is 0.490 e. The smallest absolute Gasteiger partial charge is 0.475 e. The molecule has 1 aromatic heterocycles. The van der Waals surface area contributed by atoms with Gasteiger partial charge in [0.05, 0.1) is 0 Å². The van der Waals surface area contributed by atoms with Gasteiger partial charge in [0.1, 0.15) is 4.88 Å². The Morgan fingerprint density at radius 2 is 1.52 bits per heavy atom. The third-order valence-electron chi connectivity index (χ3n) is 3.28. The highest BCUT2D eigenvalue weighted by Crippen LogP contribution is 2.36. The quantitative estimate of drug-likeness (QED) is 0.591. The molecule has 2 rings (SSSR count). The molecule has 0 saturated heterocycles. The van der Waals surface area contributed by atoms with Crippen LogP contribution in [0.1, 0.15) is 32.1 Å². The number of carboxylic acid groups (broad SMARTS) is 1. The Morgan fingerprint density at radius 1 is 1.07 bits per heavy atom. The molecule has 1 heterocycles. The van der Waals surface area contributed by atoms with E-state index in [-0.39, 0.29) is 5.13 Å². The topological polar surface area (TPSA) is 105 Å². The number of nitrogens with zero attached hydrogens (tertiary/aromatic N) is 1. The summed E-state index contributed by atoms with van der Waals surface area (Å²) in [6.07, 6.45) is -9.81. The van der Waals surface area contributed by atoms with Gasteiger partial charge in [0.25, 0.3) is 5.91 Å². The summed E-state index contributed by atoms with van der Waals surface area (Å²) in [5.74, 6) is -3.62. The molecule has 0 spiro atoms. The molecule has 1 amide bonds. The van der Waals surface area contributed by atoms with E-state index < -0.39 is 34.8 Å². The van der Waals surface area contributed by atoms with Crippen molar-refractivity contribution in [3.05, 3.63) is 39.4 Å². The summed E-state index contributed by atoms with van der Waals surface area (Å²) in [5.41, 5.74) is 7.11. The number of amides is 1. The minimum absolute atomic E-state index is 0.296. The molecule has 6 nitrogen and oxygen atoms in total. The summed E-state index contributed by atoms with van der Waals surface area (Å²) in [7, 11) is 0. The number of aromatic nitrogens is 1. The first-order valence-electron chi connectivity index (χ1n) is 7.56. The number of nitrogens with one attached hydrogen (secondary N) is 1. The SMILES string of the molecule is Cc1cc(C)c(NC(=O)c2sc(N)nc2C(F)(F)F)c(C)c1.O=C(O)C(F)(F)F. The van der Waals surface area contributed by atoms with Crippen LogP contribution in [0.3, 0.4) is 0 Å². The number of rotatable bonds is 2. The molecular formula is C16H15F6N3O3S. The van der Waals surface area contributed by atoms with E-state index in [0.29, 0.717) is 17.0 Å². The Kier molecular flexibility index (Phi) is 7.24. The van der Waals surface area contributed by atoms with Crippen LogP contribution in [0.25, 0.3) is 0 Å². The van der Waals surface area contributed by atoms with Crippen molar-refractivity contribution in [3.8, 4) is 0 Å². The van der Waals surface area contributed by atoms with Crippen molar-refractivity contribution in [2.45, 2.75) is 33.1 Å². The lowest BCUT2D eigenvalue weighted by atomic mass is 10.1. The molecule has 4 N–H and O–H groups in total. The summed E-state index contributed by atoms with van der Waals surface area (Å²) in [6.45, 7) is 5.46. The lowest BCUT2D eigenvalue weighted by Crippen LogP contribution is -2.21. The lowest BCUT2D eigenvalue weighted by Gasteiger charge is -2.13. The Morgan fingerprint density at radius 3 is 1.90 bits per heavy atom. The summed E-state index contributed by atoms with van der Waals surface area (Å²) < 4.78 is 70.4. The molecule has 13 heteroatoms. The third-order valence-corrected chi connectivity index (χ3v) is 4.16. The van der Waals surface area contributed by atoms with Gasteiger partial charge < -0.3 is 16.2 Å². The predicted octanol–water partition coefficient (Wildman–Crippen LogP) is 4.55. The van der Waals surface area contributed by atoms with E-state index >= 15 is 0 Å². The lowest BCUT2D eigenvalue weighted by molar-refractivity contribution is -0.192. The number of anilines is 2. The van der Waals surface area contributed by atoms with Gasteiger partial charge in [-0.3, -0.25) is 4.79 Å². The van der Waals surface area contributed by atoms with Crippen LogP contribution in [-0.2, 0) is 11.0 Å². The van der Waals surface area contributed by atoms with E-state index in [1.54, 1.807) is 13.8 Å². The number of carboxylic acids is 1. The van der Waals surface area contributed by atoms with Gasteiger partial charge in [0.2, 0.25) is 0 Å². The van der Waals surface area contributed by atoms with Crippen molar-refractivity contribution in [3.63, 3.8) is 0 Å². The number of nitrogens with two attached hydrogens (primary N) is 1. The number of nitrogen functional groups attached to an aromatic ring is 1. The molecule has 0 bridgehead atoms. The third kappa shape index (κ3) is 6.62. The van der Waals surface area contributed by atoms with Crippen LogP contribution >= 0.6 is 11.3 Å². The van der Waals surface area contributed by atoms with E-state index in [2.05, 4.69) is 10.3 Å². The van der Waals surface area contributed by atoms with Gasteiger partial charge in [-0.2, -0.15) is 26.3 Å². The van der Waals surface area contributed by atoms with Gasteiger partial charge in [-0.05, 0) is 31.9 Å². The van der Waals surface area contributed by atoms with Crippen molar-refractivity contribution in [2.24, 2.45) is 0 Å². The van der Waals surface area contributed by atoms with Crippen molar-refractivity contribution in [1.29, 1.82) is 0 Å². The molecule has 0 fully saturated rings. The van der Waals surface area contributed by atoms with E-state index in [4.69, 9.17) is 15.6 Å². The number of carbonyl (C=O) groups excluding carboxylic acids is 1. The number of aliphatic carboxylic acids is 1. The van der Waals surface area contributed by atoms with Crippen LogP contribution in [0.2, 0.25) is 0 Å². The molecule has 0 radical (unpaired) electrons. The first-order valence-corrected chi connectivity index (χ1v) is 8.38. The number of benzene rings is 1. The first-order chi connectivity index (χ1) is 13.0. The summed E-state index contributed by atoms with van der Waals surface area (Å²) >= 11 is 0.518. The number of halogens is 6. The molecular weight excluding hydrogens is 428 g/mol. The fourth-order valence-corrected chi connectivity index (χ4v) is 2.98. The molecule has 1 aromatic carbocycles. The van der Waals surface area contributed by atoms with Gasteiger partial charge >= 0.3 is 18.3 Å². The minimum Gasteiger partial charge on any atom is -0.475 e. The molecule has 160 valence electrons. The summed E-state index contributed by atoms with van der Waals surface area (Å²) in [5, 5.41) is 9.35. The van der Waals surface area contributed by atoms with Gasteiger partial charge in [0.15, 0.2) is 10.8 Å². The zero-order valence-corrected chi connectivity index (χ0v) is 15.9. The second kappa shape index (κ2) is 8.68. The predicted molar refractivity (Wildman–Crippen MR) is 93.8 cm³/mol. The molecule has 0 aliphatic carbocycles. The minimum atomic E-state index is -5.08. The molecule has 2 aromatic rings.